The molecule has 0 aromatic heterocycles. The topological polar surface area (TPSA) is 0 Å². The molecule has 0 bridgehead atoms. The fraction of sp³-hybridized carbons (Fsp3) is 0.833. The number of allylic oxidation sites excluding steroid dienone is 3. The van der Waals surface area contributed by atoms with Crippen LogP contribution < -0.4 is 0 Å². The molecule has 0 radical (unpaired) electrons. The third-order valence-electron chi connectivity index (χ3n) is 8.98. The smallest absolute Gasteiger partial charge is 0.00788 e. The average molecular weight is 329 g/mol. The van der Waals surface area contributed by atoms with Crippen molar-refractivity contribution in [3.63, 3.8) is 0 Å². The van der Waals surface area contributed by atoms with E-state index in [4.69, 9.17) is 0 Å². The van der Waals surface area contributed by atoms with E-state index in [0.29, 0.717) is 10.8 Å². The van der Waals surface area contributed by atoms with E-state index in [1.54, 1.807) is 5.57 Å². The highest BCUT2D eigenvalue weighted by atomic mass is 14.6. The third kappa shape index (κ3) is 2.63. The fourth-order valence-electron chi connectivity index (χ4n) is 6.83. The molecule has 2 saturated carbocycles. The SMILES string of the molecule is C=C1C=C2C[C@@H](CCC)C3C(C)[C@@](C)(C(C)C)CCC3[C@@]2(C)CC1. The summed E-state index contributed by atoms with van der Waals surface area (Å²) in [7, 11) is 0. The number of hydrogen-bond donors (Lipinski definition) is 0. The molecule has 0 heteroatoms. The molecule has 0 N–H and O–H groups in total. The fourth-order valence-corrected chi connectivity index (χ4v) is 6.83. The van der Waals surface area contributed by atoms with Crippen molar-refractivity contribution in [2.45, 2.75) is 86.5 Å². The summed E-state index contributed by atoms with van der Waals surface area (Å²) >= 11 is 0. The van der Waals surface area contributed by atoms with E-state index in [-0.39, 0.29) is 0 Å². The van der Waals surface area contributed by atoms with Gasteiger partial charge in [-0.25, -0.2) is 0 Å². The van der Waals surface area contributed by atoms with E-state index < -0.39 is 0 Å². The largest absolute Gasteiger partial charge is 0.0958 e. The van der Waals surface area contributed by atoms with Gasteiger partial charge in [-0.1, -0.05) is 78.2 Å². The Morgan fingerprint density at radius 3 is 2.58 bits per heavy atom. The van der Waals surface area contributed by atoms with Crippen LogP contribution in [0, 0.1) is 40.4 Å². The highest BCUT2D eigenvalue weighted by Gasteiger charge is 2.56. The molecule has 3 aliphatic rings. The Morgan fingerprint density at radius 2 is 1.96 bits per heavy atom. The summed E-state index contributed by atoms with van der Waals surface area (Å²) in [5, 5.41) is 0. The lowest BCUT2D eigenvalue weighted by molar-refractivity contribution is -0.0903. The first-order valence-corrected chi connectivity index (χ1v) is 10.6. The standard InChI is InChI=1S/C24H40/c1-8-9-19-15-20-14-17(4)10-12-24(20,7)21-11-13-23(6,16(2)3)18(5)22(19)21/h14,16,18-19,21-22H,4,8-13,15H2,1-3,5-7H3/t18?,19-,21?,22?,23-,24+/m1/s1. The normalized spacial score (nSPS) is 45.6. The summed E-state index contributed by atoms with van der Waals surface area (Å²) in [6.07, 6.45) is 12.1. The Balaban J connectivity index is 2.01. The Morgan fingerprint density at radius 1 is 1.25 bits per heavy atom. The lowest BCUT2D eigenvalue weighted by atomic mass is 9.43. The summed E-state index contributed by atoms with van der Waals surface area (Å²) in [6.45, 7) is 19.4. The molecular formula is C24H40. The minimum Gasteiger partial charge on any atom is -0.0958 e. The maximum atomic E-state index is 4.30. The molecule has 0 spiro atoms. The molecule has 0 aliphatic heterocycles. The van der Waals surface area contributed by atoms with Gasteiger partial charge in [0, 0.05) is 0 Å². The predicted octanol–water partition coefficient (Wildman–Crippen LogP) is 7.41. The summed E-state index contributed by atoms with van der Waals surface area (Å²) < 4.78 is 0. The van der Waals surface area contributed by atoms with Gasteiger partial charge in [-0.05, 0) is 72.5 Å². The van der Waals surface area contributed by atoms with Crippen LogP contribution >= 0.6 is 0 Å². The molecule has 3 unspecified atom stereocenters. The number of hydrogen-bond acceptors (Lipinski definition) is 0. The van der Waals surface area contributed by atoms with Crippen molar-refractivity contribution in [3.05, 3.63) is 23.8 Å². The molecule has 0 saturated heterocycles. The highest BCUT2D eigenvalue weighted by Crippen LogP contribution is 2.65. The second-order valence-electron chi connectivity index (χ2n) is 10.2. The average Bonchev–Trinajstić information content (AvgIpc) is 2.52. The summed E-state index contributed by atoms with van der Waals surface area (Å²) in [5.41, 5.74) is 4.14. The first-order valence-electron chi connectivity index (χ1n) is 10.6. The van der Waals surface area contributed by atoms with Crippen molar-refractivity contribution in [2.24, 2.45) is 40.4 Å². The van der Waals surface area contributed by atoms with Crippen molar-refractivity contribution in [1.82, 2.24) is 0 Å². The Bertz CT molecular complexity index is 524. The van der Waals surface area contributed by atoms with Crippen molar-refractivity contribution in [3.8, 4) is 0 Å². The zero-order valence-corrected chi connectivity index (χ0v) is 17.1. The maximum absolute atomic E-state index is 4.30. The van der Waals surface area contributed by atoms with Gasteiger partial charge in [0.2, 0.25) is 0 Å². The molecule has 3 rings (SSSR count). The minimum atomic E-state index is 0.461. The van der Waals surface area contributed by atoms with Gasteiger partial charge in [0.1, 0.15) is 0 Å². The molecule has 6 atom stereocenters. The minimum absolute atomic E-state index is 0.461. The highest BCUT2D eigenvalue weighted by molar-refractivity contribution is 5.33. The molecule has 24 heavy (non-hydrogen) atoms. The number of rotatable bonds is 3. The quantitative estimate of drug-likeness (QED) is 0.506. The van der Waals surface area contributed by atoms with Crippen LogP contribution in [0.2, 0.25) is 0 Å². The van der Waals surface area contributed by atoms with Gasteiger partial charge in [0.25, 0.3) is 0 Å². The molecule has 136 valence electrons. The van der Waals surface area contributed by atoms with Crippen molar-refractivity contribution in [1.29, 1.82) is 0 Å². The second-order valence-corrected chi connectivity index (χ2v) is 10.2. The molecule has 3 aliphatic carbocycles. The Labute approximate surface area is 151 Å². The van der Waals surface area contributed by atoms with Crippen LogP contribution in [0.3, 0.4) is 0 Å². The van der Waals surface area contributed by atoms with Gasteiger partial charge in [0.05, 0.1) is 0 Å². The van der Waals surface area contributed by atoms with Crippen LogP contribution in [0.15, 0.2) is 23.8 Å². The van der Waals surface area contributed by atoms with E-state index >= 15 is 0 Å². The van der Waals surface area contributed by atoms with E-state index in [2.05, 4.69) is 54.2 Å². The van der Waals surface area contributed by atoms with Crippen LogP contribution in [-0.4, -0.2) is 0 Å². The monoisotopic (exact) mass is 328 g/mol. The zero-order valence-electron chi connectivity index (χ0n) is 17.1. The van der Waals surface area contributed by atoms with Crippen molar-refractivity contribution < 1.29 is 0 Å². The van der Waals surface area contributed by atoms with Gasteiger partial charge >= 0.3 is 0 Å². The molecule has 0 aromatic carbocycles. The molecule has 0 aromatic rings. The summed E-state index contributed by atoms with van der Waals surface area (Å²) in [6, 6.07) is 0. The Kier molecular flexibility index (Phi) is 4.82. The summed E-state index contributed by atoms with van der Waals surface area (Å²) in [4.78, 5) is 0. The summed E-state index contributed by atoms with van der Waals surface area (Å²) in [5.74, 6) is 4.39. The van der Waals surface area contributed by atoms with Crippen LogP contribution in [-0.2, 0) is 0 Å². The molecule has 2 fully saturated rings. The first kappa shape index (κ1) is 18.3. The van der Waals surface area contributed by atoms with Gasteiger partial charge < -0.3 is 0 Å². The van der Waals surface area contributed by atoms with E-state index in [1.165, 1.54) is 50.5 Å². The lowest BCUT2D eigenvalue weighted by Gasteiger charge is -2.62. The van der Waals surface area contributed by atoms with Gasteiger partial charge in [-0.2, -0.15) is 0 Å². The second kappa shape index (κ2) is 6.33. The van der Waals surface area contributed by atoms with Gasteiger partial charge in [0.15, 0.2) is 0 Å². The molecular weight excluding hydrogens is 288 g/mol. The van der Waals surface area contributed by atoms with E-state index in [0.717, 1.165) is 29.6 Å². The first-order chi connectivity index (χ1) is 11.2. The third-order valence-corrected chi connectivity index (χ3v) is 8.98. The van der Waals surface area contributed by atoms with Crippen molar-refractivity contribution in [2.75, 3.05) is 0 Å². The lowest BCUT2D eigenvalue weighted by Crippen LogP contribution is -2.54. The Hall–Kier alpha value is -0.520. The van der Waals surface area contributed by atoms with Crippen LogP contribution in [0.5, 0.6) is 0 Å². The zero-order chi connectivity index (χ0) is 17.7. The predicted molar refractivity (Wildman–Crippen MR) is 106 cm³/mol. The molecule has 0 nitrogen and oxygen atoms in total. The van der Waals surface area contributed by atoms with E-state index in [9.17, 15) is 0 Å². The van der Waals surface area contributed by atoms with Gasteiger partial charge in [-0.15, -0.1) is 0 Å². The van der Waals surface area contributed by atoms with E-state index in [1.807, 2.05) is 0 Å². The van der Waals surface area contributed by atoms with Crippen LogP contribution in [0.4, 0.5) is 0 Å². The van der Waals surface area contributed by atoms with Crippen molar-refractivity contribution >= 4 is 0 Å². The van der Waals surface area contributed by atoms with Gasteiger partial charge in [-0.3, -0.25) is 0 Å². The number of fused-ring (bicyclic) bond motifs is 3. The molecule has 0 amide bonds. The van der Waals surface area contributed by atoms with Crippen LogP contribution in [0.25, 0.3) is 0 Å². The molecule has 0 heterocycles. The van der Waals surface area contributed by atoms with Crippen LogP contribution in [0.1, 0.15) is 86.5 Å². The maximum Gasteiger partial charge on any atom is -0.00788 e.